The predicted octanol–water partition coefficient (Wildman–Crippen LogP) is 2.39. The van der Waals surface area contributed by atoms with Crippen molar-refractivity contribution in [2.45, 2.75) is 44.1 Å². The van der Waals surface area contributed by atoms with Gasteiger partial charge in [0, 0.05) is 12.4 Å². The molecule has 0 aliphatic heterocycles. The number of oxime groups is 1. The van der Waals surface area contributed by atoms with E-state index in [4.69, 9.17) is 5.21 Å². The number of aromatic nitrogens is 2. The zero-order valence-corrected chi connectivity index (χ0v) is 8.84. The Morgan fingerprint density at radius 3 is 2.53 bits per heavy atom. The van der Waals surface area contributed by atoms with E-state index in [0.717, 1.165) is 12.8 Å². The molecule has 0 amide bonds. The van der Waals surface area contributed by atoms with Crippen molar-refractivity contribution in [3.8, 4) is 0 Å². The predicted molar refractivity (Wildman–Crippen MR) is 58.2 cm³/mol. The van der Waals surface area contributed by atoms with Crippen molar-refractivity contribution in [2.75, 3.05) is 0 Å². The van der Waals surface area contributed by atoms with Crippen molar-refractivity contribution in [3.63, 3.8) is 0 Å². The van der Waals surface area contributed by atoms with Crippen molar-refractivity contribution in [2.24, 2.45) is 5.16 Å². The van der Waals surface area contributed by atoms with Gasteiger partial charge in [-0.15, -0.1) is 0 Å². The van der Waals surface area contributed by atoms with Crippen molar-refractivity contribution < 1.29 is 5.21 Å². The molecule has 2 rings (SSSR count). The Labute approximate surface area is 89.6 Å². The van der Waals surface area contributed by atoms with E-state index in [1.807, 2.05) is 12.5 Å². The molecule has 0 aromatic carbocycles. The van der Waals surface area contributed by atoms with Crippen molar-refractivity contribution >= 4 is 6.21 Å². The van der Waals surface area contributed by atoms with E-state index in [0.29, 0.717) is 0 Å². The van der Waals surface area contributed by atoms with Crippen molar-refractivity contribution in [1.82, 2.24) is 9.55 Å². The van der Waals surface area contributed by atoms with Gasteiger partial charge in [0.25, 0.3) is 0 Å². The Bertz CT molecular complexity index is 311. The number of imidazole rings is 1. The summed E-state index contributed by atoms with van der Waals surface area (Å²) in [6.45, 7) is 0. The maximum atomic E-state index is 8.81. The first-order valence-corrected chi connectivity index (χ1v) is 5.54. The molecule has 1 saturated carbocycles. The topological polar surface area (TPSA) is 50.4 Å². The smallest absolute Gasteiger partial charge is 0.0954 e. The summed E-state index contributed by atoms with van der Waals surface area (Å²) in [5.74, 6) is 0. The lowest BCUT2D eigenvalue weighted by atomic mass is 9.91. The van der Waals surface area contributed by atoms with Crippen LogP contribution < -0.4 is 0 Å². The molecule has 0 atom stereocenters. The average molecular weight is 207 g/mol. The fraction of sp³-hybridized carbons (Fsp3) is 0.636. The molecule has 0 radical (unpaired) electrons. The second-order valence-electron chi connectivity index (χ2n) is 4.23. The lowest BCUT2D eigenvalue weighted by Gasteiger charge is -2.29. The second kappa shape index (κ2) is 4.47. The molecule has 1 aliphatic rings. The molecule has 4 nitrogen and oxygen atoms in total. The minimum atomic E-state index is -0.151. The zero-order chi connectivity index (χ0) is 10.6. The van der Waals surface area contributed by atoms with E-state index < -0.39 is 0 Å². The quantitative estimate of drug-likeness (QED) is 0.350. The summed E-state index contributed by atoms with van der Waals surface area (Å²) in [5, 5.41) is 12.1. The van der Waals surface area contributed by atoms with E-state index in [9.17, 15) is 0 Å². The summed E-state index contributed by atoms with van der Waals surface area (Å²) >= 11 is 0. The van der Waals surface area contributed by atoms with Crippen LogP contribution >= 0.6 is 0 Å². The molecular formula is C11H17N3O. The highest BCUT2D eigenvalue weighted by atomic mass is 16.4. The minimum Gasteiger partial charge on any atom is -0.411 e. The summed E-state index contributed by atoms with van der Waals surface area (Å²) < 4.78 is 2.07. The highest BCUT2D eigenvalue weighted by molar-refractivity contribution is 5.67. The Kier molecular flexibility index (Phi) is 3.04. The molecule has 1 heterocycles. The van der Waals surface area contributed by atoms with E-state index in [1.165, 1.54) is 25.7 Å². The summed E-state index contributed by atoms with van der Waals surface area (Å²) in [5.41, 5.74) is -0.151. The van der Waals surface area contributed by atoms with Crippen LogP contribution in [0.4, 0.5) is 0 Å². The van der Waals surface area contributed by atoms with Crippen LogP contribution in [0, 0.1) is 0 Å². The lowest BCUT2D eigenvalue weighted by molar-refractivity contribution is 0.298. The molecule has 0 bridgehead atoms. The average Bonchev–Trinajstić information content (AvgIpc) is 2.68. The minimum absolute atomic E-state index is 0.151. The fourth-order valence-corrected chi connectivity index (χ4v) is 2.42. The first kappa shape index (κ1) is 10.2. The third kappa shape index (κ3) is 2.03. The molecule has 0 spiro atoms. The second-order valence-corrected chi connectivity index (χ2v) is 4.23. The Morgan fingerprint density at radius 1 is 1.27 bits per heavy atom. The van der Waals surface area contributed by atoms with E-state index in [-0.39, 0.29) is 5.54 Å². The molecule has 4 heteroatoms. The van der Waals surface area contributed by atoms with Gasteiger partial charge in [-0.3, -0.25) is 0 Å². The van der Waals surface area contributed by atoms with Gasteiger partial charge in [0.1, 0.15) is 0 Å². The molecule has 1 N–H and O–H groups in total. The molecule has 1 aromatic rings. The van der Waals surface area contributed by atoms with Crippen molar-refractivity contribution in [3.05, 3.63) is 18.7 Å². The van der Waals surface area contributed by atoms with E-state index >= 15 is 0 Å². The lowest BCUT2D eigenvalue weighted by Crippen LogP contribution is -2.34. The van der Waals surface area contributed by atoms with Crippen LogP contribution in [-0.4, -0.2) is 21.0 Å². The van der Waals surface area contributed by atoms with Crippen LogP contribution in [0.5, 0.6) is 0 Å². The van der Waals surface area contributed by atoms with Crippen molar-refractivity contribution in [1.29, 1.82) is 0 Å². The largest absolute Gasteiger partial charge is 0.411 e. The Balaban J connectivity index is 2.29. The first-order chi connectivity index (χ1) is 7.37. The van der Waals surface area contributed by atoms with Gasteiger partial charge < -0.3 is 9.77 Å². The fourth-order valence-electron chi connectivity index (χ4n) is 2.42. The first-order valence-electron chi connectivity index (χ1n) is 5.54. The number of hydrogen-bond donors (Lipinski definition) is 1. The normalized spacial score (nSPS) is 21.6. The number of hydrogen-bond acceptors (Lipinski definition) is 3. The van der Waals surface area contributed by atoms with Crippen LogP contribution in [-0.2, 0) is 5.54 Å². The van der Waals surface area contributed by atoms with Gasteiger partial charge in [-0.25, -0.2) is 4.98 Å². The third-order valence-electron chi connectivity index (χ3n) is 3.29. The summed E-state index contributed by atoms with van der Waals surface area (Å²) in [7, 11) is 0. The highest BCUT2D eigenvalue weighted by Crippen LogP contribution is 2.32. The maximum absolute atomic E-state index is 8.81. The van der Waals surface area contributed by atoms with Gasteiger partial charge in [0.15, 0.2) is 0 Å². The number of rotatable bonds is 2. The molecule has 1 aromatic heterocycles. The highest BCUT2D eigenvalue weighted by Gasteiger charge is 2.30. The van der Waals surface area contributed by atoms with Gasteiger partial charge in [0.2, 0.25) is 0 Å². The van der Waals surface area contributed by atoms with Gasteiger partial charge in [0.05, 0.1) is 18.1 Å². The van der Waals surface area contributed by atoms with Crippen LogP contribution in [0.15, 0.2) is 23.9 Å². The van der Waals surface area contributed by atoms with E-state index in [2.05, 4.69) is 14.7 Å². The van der Waals surface area contributed by atoms with Crippen LogP contribution in [0.3, 0.4) is 0 Å². The third-order valence-corrected chi connectivity index (χ3v) is 3.29. The zero-order valence-electron chi connectivity index (χ0n) is 8.84. The van der Waals surface area contributed by atoms with Gasteiger partial charge in [-0.05, 0) is 12.8 Å². The molecular weight excluding hydrogens is 190 g/mol. The van der Waals surface area contributed by atoms with Gasteiger partial charge in [-0.2, -0.15) is 0 Å². The van der Waals surface area contributed by atoms with E-state index in [1.54, 1.807) is 12.4 Å². The van der Waals surface area contributed by atoms with Gasteiger partial charge >= 0.3 is 0 Å². The molecule has 1 fully saturated rings. The summed E-state index contributed by atoms with van der Waals surface area (Å²) in [6.07, 6.45) is 14.2. The molecule has 15 heavy (non-hydrogen) atoms. The standard InChI is InChI=1S/C11H17N3O/c15-13-9-11(14-8-7-12-10-14)5-3-1-2-4-6-11/h7-10,15H,1-6H2/b13-9-. The SMILES string of the molecule is O/N=C\C1(n2ccnc2)CCCCCC1. The van der Waals surface area contributed by atoms with Crippen LogP contribution in [0.1, 0.15) is 38.5 Å². The van der Waals surface area contributed by atoms with Crippen LogP contribution in [0.25, 0.3) is 0 Å². The molecule has 82 valence electrons. The molecule has 0 unspecified atom stereocenters. The Hall–Kier alpha value is -1.32. The maximum Gasteiger partial charge on any atom is 0.0954 e. The number of nitrogens with zero attached hydrogens (tertiary/aromatic N) is 3. The summed E-state index contributed by atoms with van der Waals surface area (Å²) in [6, 6.07) is 0. The molecule has 1 aliphatic carbocycles. The monoisotopic (exact) mass is 207 g/mol. The molecule has 0 saturated heterocycles. The van der Waals surface area contributed by atoms with Gasteiger partial charge in [-0.1, -0.05) is 30.8 Å². The Morgan fingerprint density at radius 2 is 2.00 bits per heavy atom. The van der Waals surface area contributed by atoms with Crippen LogP contribution in [0.2, 0.25) is 0 Å². The summed E-state index contributed by atoms with van der Waals surface area (Å²) in [4.78, 5) is 4.07.